The minimum atomic E-state index is -1.16. The molecular formula is C11H10N2O4. The van der Waals surface area contributed by atoms with Gasteiger partial charge in [-0.25, -0.2) is 9.48 Å². The molecule has 1 N–H and O–H groups in total. The topological polar surface area (TPSA) is 85.3 Å². The number of carboxylic acid groups (broad SMARTS) is 1. The van der Waals surface area contributed by atoms with Gasteiger partial charge in [0.2, 0.25) is 5.76 Å². The summed E-state index contributed by atoms with van der Waals surface area (Å²) >= 11 is 0. The third-order valence-electron chi connectivity index (χ3n) is 2.27. The van der Waals surface area contributed by atoms with E-state index in [1.807, 2.05) is 0 Å². The third kappa shape index (κ3) is 2.25. The van der Waals surface area contributed by atoms with Crippen LogP contribution in [0.3, 0.4) is 0 Å². The molecule has 6 nitrogen and oxygen atoms in total. The van der Waals surface area contributed by atoms with Gasteiger partial charge < -0.3 is 9.52 Å². The molecular weight excluding hydrogens is 224 g/mol. The van der Waals surface area contributed by atoms with E-state index in [-0.39, 0.29) is 17.9 Å². The van der Waals surface area contributed by atoms with Crippen molar-refractivity contribution in [3.63, 3.8) is 0 Å². The Morgan fingerprint density at radius 3 is 3.00 bits per heavy atom. The molecule has 0 fully saturated rings. The summed E-state index contributed by atoms with van der Waals surface area (Å²) in [5, 5.41) is 12.8. The normalized spacial score (nSPS) is 10.4. The highest BCUT2D eigenvalue weighted by atomic mass is 16.4. The van der Waals surface area contributed by atoms with Crippen molar-refractivity contribution in [3.05, 3.63) is 51.8 Å². The number of hydrogen-bond donors (Lipinski definition) is 1. The quantitative estimate of drug-likeness (QED) is 0.852. The molecule has 0 amide bonds. The lowest BCUT2D eigenvalue weighted by molar-refractivity contribution is 0.0660. The molecule has 2 aromatic heterocycles. The molecule has 0 aliphatic carbocycles. The Morgan fingerprint density at radius 2 is 2.35 bits per heavy atom. The van der Waals surface area contributed by atoms with Crippen LogP contribution in [0.15, 0.2) is 33.8 Å². The van der Waals surface area contributed by atoms with Crippen molar-refractivity contribution < 1.29 is 14.3 Å². The predicted molar refractivity (Wildman–Crippen MR) is 58.0 cm³/mol. The smallest absolute Gasteiger partial charge is 0.372 e. The van der Waals surface area contributed by atoms with E-state index in [4.69, 9.17) is 9.52 Å². The van der Waals surface area contributed by atoms with Crippen LogP contribution in [0.5, 0.6) is 0 Å². The predicted octanol–water partition coefficient (Wildman–Crippen LogP) is 0.891. The van der Waals surface area contributed by atoms with Crippen molar-refractivity contribution >= 4 is 5.97 Å². The molecule has 6 heteroatoms. The minimum Gasteiger partial charge on any atom is -0.475 e. The van der Waals surface area contributed by atoms with E-state index in [1.54, 1.807) is 13.1 Å². The lowest BCUT2D eigenvalue weighted by Crippen LogP contribution is -2.23. The highest BCUT2D eigenvalue weighted by Crippen LogP contribution is 2.11. The monoisotopic (exact) mass is 234 g/mol. The summed E-state index contributed by atoms with van der Waals surface area (Å²) in [6.07, 6.45) is 2.82. The number of rotatable bonds is 3. The first-order chi connectivity index (χ1) is 8.08. The van der Waals surface area contributed by atoms with E-state index in [0.29, 0.717) is 5.56 Å². The average molecular weight is 234 g/mol. The van der Waals surface area contributed by atoms with Crippen LogP contribution in [0.25, 0.3) is 0 Å². The van der Waals surface area contributed by atoms with E-state index in [9.17, 15) is 9.59 Å². The molecule has 0 aliphatic heterocycles. The Bertz CT molecular complexity index is 612. The second-order valence-electron chi connectivity index (χ2n) is 3.61. The second-order valence-corrected chi connectivity index (χ2v) is 3.61. The number of carbonyl (C=O) groups is 1. The van der Waals surface area contributed by atoms with Gasteiger partial charge in [-0.3, -0.25) is 4.79 Å². The van der Waals surface area contributed by atoms with Gasteiger partial charge in [0.05, 0.1) is 19.0 Å². The van der Waals surface area contributed by atoms with Crippen LogP contribution in [0, 0.1) is 6.92 Å². The molecule has 0 aromatic carbocycles. The summed E-state index contributed by atoms with van der Waals surface area (Å²) in [7, 11) is 0. The largest absolute Gasteiger partial charge is 0.475 e. The number of hydrogen-bond acceptors (Lipinski definition) is 4. The SMILES string of the molecule is Cc1cnn(Cc2ccoc2C(=O)O)c(=O)c1. The number of aromatic carboxylic acids is 1. The maximum absolute atomic E-state index is 11.6. The molecule has 0 saturated heterocycles. The second kappa shape index (κ2) is 4.25. The Kier molecular flexibility index (Phi) is 2.78. The number of carboxylic acids is 1. The van der Waals surface area contributed by atoms with Gasteiger partial charge in [0, 0.05) is 11.6 Å². The van der Waals surface area contributed by atoms with Gasteiger partial charge in [0.15, 0.2) is 0 Å². The Morgan fingerprint density at radius 1 is 1.59 bits per heavy atom. The highest BCUT2D eigenvalue weighted by Gasteiger charge is 2.14. The van der Waals surface area contributed by atoms with Gasteiger partial charge in [0.1, 0.15) is 0 Å². The zero-order chi connectivity index (χ0) is 12.4. The first-order valence-electron chi connectivity index (χ1n) is 4.91. The molecule has 0 saturated carbocycles. The number of aryl methyl sites for hydroxylation is 1. The molecule has 0 aliphatic rings. The maximum atomic E-state index is 11.6. The number of aromatic nitrogens is 2. The summed E-state index contributed by atoms with van der Waals surface area (Å²) in [4.78, 5) is 22.4. The van der Waals surface area contributed by atoms with Crippen molar-refractivity contribution in [3.8, 4) is 0 Å². The van der Waals surface area contributed by atoms with E-state index < -0.39 is 5.97 Å². The Labute approximate surface area is 96.1 Å². The van der Waals surface area contributed by atoms with Crippen molar-refractivity contribution in [2.24, 2.45) is 0 Å². The molecule has 2 heterocycles. The molecule has 17 heavy (non-hydrogen) atoms. The van der Waals surface area contributed by atoms with Crippen molar-refractivity contribution in [2.75, 3.05) is 0 Å². The summed E-state index contributed by atoms with van der Waals surface area (Å²) < 4.78 is 6.00. The fourth-order valence-electron chi connectivity index (χ4n) is 1.45. The van der Waals surface area contributed by atoms with Crippen LogP contribution in [0.2, 0.25) is 0 Å². The third-order valence-corrected chi connectivity index (χ3v) is 2.27. The lowest BCUT2D eigenvalue weighted by Gasteiger charge is -2.03. The standard InChI is InChI=1S/C11H10N2O4/c1-7-4-9(14)13(12-5-7)6-8-2-3-17-10(8)11(15)16/h2-5H,6H2,1H3,(H,15,16). The summed E-state index contributed by atoms with van der Waals surface area (Å²) in [5.41, 5.74) is 0.899. The zero-order valence-electron chi connectivity index (χ0n) is 9.08. The van der Waals surface area contributed by atoms with E-state index in [1.165, 1.54) is 23.1 Å². The summed E-state index contributed by atoms with van der Waals surface area (Å²) in [6.45, 7) is 1.84. The maximum Gasteiger partial charge on any atom is 0.372 e. The summed E-state index contributed by atoms with van der Waals surface area (Å²) in [5.74, 6) is -1.33. The molecule has 2 aromatic rings. The fraction of sp³-hybridized carbons (Fsp3) is 0.182. The van der Waals surface area contributed by atoms with Gasteiger partial charge in [-0.05, 0) is 18.6 Å². The molecule has 2 rings (SSSR count). The fourth-order valence-corrected chi connectivity index (χ4v) is 1.45. The van der Waals surface area contributed by atoms with Crippen molar-refractivity contribution in [1.29, 1.82) is 0 Å². The van der Waals surface area contributed by atoms with Gasteiger partial charge in [-0.15, -0.1) is 0 Å². The van der Waals surface area contributed by atoms with Crippen LogP contribution in [0.1, 0.15) is 21.7 Å². The molecule has 0 bridgehead atoms. The van der Waals surface area contributed by atoms with E-state index >= 15 is 0 Å². The summed E-state index contributed by atoms with van der Waals surface area (Å²) in [6, 6.07) is 2.95. The Hall–Kier alpha value is -2.37. The van der Waals surface area contributed by atoms with Gasteiger partial charge in [0.25, 0.3) is 5.56 Å². The van der Waals surface area contributed by atoms with E-state index in [2.05, 4.69) is 5.10 Å². The van der Waals surface area contributed by atoms with Crippen molar-refractivity contribution in [1.82, 2.24) is 9.78 Å². The van der Waals surface area contributed by atoms with Gasteiger partial charge in [-0.1, -0.05) is 0 Å². The lowest BCUT2D eigenvalue weighted by atomic mass is 10.2. The molecule has 88 valence electrons. The van der Waals surface area contributed by atoms with E-state index in [0.717, 1.165) is 5.56 Å². The Balaban J connectivity index is 2.35. The van der Waals surface area contributed by atoms with Crippen LogP contribution < -0.4 is 5.56 Å². The van der Waals surface area contributed by atoms with Gasteiger partial charge >= 0.3 is 5.97 Å². The molecule has 0 atom stereocenters. The number of furan rings is 1. The molecule has 0 unspecified atom stereocenters. The van der Waals surface area contributed by atoms with Crippen molar-refractivity contribution in [2.45, 2.75) is 13.5 Å². The van der Waals surface area contributed by atoms with Gasteiger partial charge in [-0.2, -0.15) is 5.10 Å². The number of nitrogens with zero attached hydrogens (tertiary/aromatic N) is 2. The van der Waals surface area contributed by atoms with Crippen LogP contribution in [-0.4, -0.2) is 20.9 Å². The van der Waals surface area contributed by atoms with Crippen LogP contribution in [-0.2, 0) is 6.54 Å². The average Bonchev–Trinajstić information content (AvgIpc) is 2.70. The van der Waals surface area contributed by atoms with Crippen LogP contribution in [0.4, 0.5) is 0 Å². The minimum absolute atomic E-state index is 0.0806. The first kappa shape index (κ1) is 11.1. The molecule has 0 radical (unpaired) electrons. The molecule has 0 spiro atoms. The van der Waals surface area contributed by atoms with Crippen LogP contribution >= 0.6 is 0 Å². The highest BCUT2D eigenvalue weighted by molar-refractivity contribution is 5.86. The zero-order valence-corrected chi connectivity index (χ0v) is 9.08. The first-order valence-corrected chi connectivity index (χ1v) is 4.91.